The maximum absolute atomic E-state index is 13.8. The summed E-state index contributed by atoms with van der Waals surface area (Å²) in [6.45, 7) is 2.68. The molecule has 0 unspecified atom stereocenters. The van der Waals surface area contributed by atoms with E-state index < -0.39 is 21.1 Å². The standard InChI is InChI=1S/C28H27N5O4S/c1-3-15-31-26-25(32(18-30-26)22-8-6-7-19(16-22)17-29)27(34)33(28(31)35)21-13-11-20(12-14-21)23-9-4-5-10-24(23)38(2,36)37/h4-14,16,18H,3,15,17,29H2,1-2H3. The van der Waals surface area contributed by atoms with Crippen LogP contribution >= 0.6 is 0 Å². The minimum Gasteiger partial charge on any atom is -0.326 e. The zero-order chi connectivity index (χ0) is 27.0. The van der Waals surface area contributed by atoms with E-state index in [2.05, 4.69) is 4.98 Å². The van der Waals surface area contributed by atoms with E-state index in [9.17, 15) is 18.0 Å². The Morgan fingerprint density at radius 3 is 2.34 bits per heavy atom. The van der Waals surface area contributed by atoms with Crippen LogP contribution in [0.15, 0.2) is 93.6 Å². The maximum atomic E-state index is 13.8. The minimum atomic E-state index is -3.45. The quantitative estimate of drug-likeness (QED) is 0.345. The summed E-state index contributed by atoms with van der Waals surface area (Å²) >= 11 is 0. The third kappa shape index (κ3) is 4.37. The van der Waals surface area contributed by atoms with Gasteiger partial charge >= 0.3 is 5.69 Å². The van der Waals surface area contributed by atoms with Crippen LogP contribution in [0.3, 0.4) is 0 Å². The van der Waals surface area contributed by atoms with Crippen LogP contribution in [0.1, 0.15) is 18.9 Å². The van der Waals surface area contributed by atoms with Crippen molar-refractivity contribution < 1.29 is 8.42 Å². The Kier molecular flexibility index (Phi) is 6.60. The van der Waals surface area contributed by atoms with Crippen molar-refractivity contribution in [3.63, 3.8) is 0 Å². The van der Waals surface area contributed by atoms with Crippen LogP contribution < -0.4 is 17.0 Å². The second kappa shape index (κ2) is 9.88. The number of nitrogens with zero attached hydrogens (tertiary/aromatic N) is 4. The zero-order valence-corrected chi connectivity index (χ0v) is 21.9. The summed E-state index contributed by atoms with van der Waals surface area (Å²) in [6.07, 6.45) is 3.38. The van der Waals surface area contributed by atoms with Crippen LogP contribution in [0, 0.1) is 0 Å². The second-order valence-corrected chi connectivity index (χ2v) is 11.0. The lowest BCUT2D eigenvalue weighted by molar-refractivity contribution is 0.602. The summed E-state index contributed by atoms with van der Waals surface area (Å²) in [5.74, 6) is 0. The molecule has 194 valence electrons. The van der Waals surface area contributed by atoms with E-state index in [1.54, 1.807) is 59.4 Å². The van der Waals surface area contributed by atoms with Gasteiger partial charge in [0.05, 0.1) is 10.6 Å². The molecule has 0 saturated heterocycles. The lowest BCUT2D eigenvalue weighted by Crippen LogP contribution is -2.39. The Morgan fingerprint density at radius 1 is 0.921 bits per heavy atom. The molecule has 0 atom stereocenters. The van der Waals surface area contributed by atoms with Gasteiger partial charge in [-0.2, -0.15) is 0 Å². The van der Waals surface area contributed by atoms with Crippen LogP contribution in [-0.4, -0.2) is 33.4 Å². The number of fused-ring (bicyclic) bond motifs is 1. The highest BCUT2D eigenvalue weighted by Gasteiger charge is 2.20. The molecule has 0 saturated carbocycles. The van der Waals surface area contributed by atoms with Gasteiger partial charge in [-0.3, -0.25) is 13.9 Å². The summed E-state index contributed by atoms with van der Waals surface area (Å²) < 4.78 is 28.9. The first-order chi connectivity index (χ1) is 18.2. The molecule has 0 aliphatic heterocycles. The number of hydrogen-bond acceptors (Lipinski definition) is 6. The molecular weight excluding hydrogens is 502 g/mol. The van der Waals surface area contributed by atoms with E-state index in [1.165, 1.54) is 4.57 Å². The predicted octanol–water partition coefficient (Wildman–Crippen LogP) is 3.28. The second-order valence-electron chi connectivity index (χ2n) is 9.05. The molecule has 0 amide bonds. The van der Waals surface area contributed by atoms with Crippen molar-refractivity contribution in [3.8, 4) is 22.5 Å². The fourth-order valence-electron chi connectivity index (χ4n) is 4.64. The van der Waals surface area contributed by atoms with Gasteiger partial charge < -0.3 is 5.73 Å². The van der Waals surface area contributed by atoms with Crippen LogP contribution in [0.5, 0.6) is 0 Å². The lowest BCUT2D eigenvalue weighted by Gasteiger charge is -2.13. The van der Waals surface area contributed by atoms with E-state index in [0.29, 0.717) is 47.7 Å². The SMILES string of the molecule is CCCn1c(=O)n(-c2ccc(-c3ccccc3S(C)(=O)=O)cc2)c(=O)c2c1ncn2-c1cccc(CN)c1. The first-order valence-electron chi connectivity index (χ1n) is 12.2. The Hall–Kier alpha value is -4.28. The molecule has 0 aliphatic rings. The van der Waals surface area contributed by atoms with Gasteiger partial charge in [0, 0.05) is 30.6 Å². The van der Waals surface area contributed by atoms with Gasteiger partial charge in [-0.05, 0) is 47.9 Å². The molecule has 0 aliphatic carbocycles. The number of benzene rings is 3. The third-order valence-corrected chi connectivity index (χ3v) is 7.58. The molecule has 9 nitrogen and oxygen atoms in total. The highest BCUT2D eigenvalue weighted by Crippen LogP contribution is 2.28. The average molecular weight is 530 g/mol. The first kappa shape index (κ1) is 25.4. The van der Waals surface area contributed by atoms with Crippen LogP contribution in [0.2, 0.25) is 0 Å². The Labute approximate surface area is 219 Å². The van der Waals surface area contributed by atoms with Gasteiger partial charge in [0.2, 0.25) is 0 Å². The van der Waals surface area contributed by atoms with Crippen LogP contribution in [0.4, 0.5) is 0 Å². The highest BCUT2D eigenvalue weighted by molar-refractivity contribution is 7.90. The molecule has 0 radical (unpaired) electrons. The van der Waals surface area contributed by atoms with Gasteiger partial charge in [0.15, 0.2) is 21.0 Å². The normalized spacial score (nSPS) is 11.8. The molecule has 0 spiro atoms. The molecule has 5 rings (SSSR count). The van der Waals surface area contributed by atoms with Crippen molar-refractivity contribution in [2.75, 3.05) is 6.26 Å². The topological polar surface area (TPSA) is 122 Å². The van der Waals surface area contributed by atoms with E-state index >= 15 is 0 Å². The van der Waals surface area contributed by atoms with Crippen molar-refractivity contribution in [1.82, 2.24) is 18.7 Å². The summed E-state index contributed by atoms with van der Waals surface area (Å²) in [5.41, 5.74) is 8.60. The van der Waals surface area contributed by atoms with Crippen molar-refractivity contribution in [1.29, 1.82) is 0 Å². The van der Waals surface area contributed by atoms with Crippen molar-refractivity contribution in [2.45, 2.75) is 31.3 Å². The van der Waals surface area contributed by atoms with Crippen molar-refractivity contribution >= 4 is 21.0 Å². The monoisotopic (exact) mass is 529 g/mol. The molecule has 2 heterocycles. The largest absolute Gasteiger partial charge is 0.337 e. The number of nitrogens with two attached hydrogens (primary N) is 1. The zero-order valence-electron chi connectivity index (χ0n) is 21.0. The van der Waals surface area contributed by atoms with Crippen LogP contribution in [0.25, 0.3) is 33.7 Å². The molecule has 5 aromatic rings. The van der Waals surface area contributed by atoms with Gasteiger partial charge in [0.25, 0.3) is 5.56 Å². The summed E-state index contributed by atoms with van der Waals surface area (Å²) in [5, 5.41) is 0. The van der Waals surface area contributed by atoms with E-state index in [0.717, 1.165) is 16.4 Å². The predicted molar refractivity (Wildman–Crippen MR) is 148 cm³/mol. The molecule has 10 heteroatoms. The number of hydrogen-bond donors (Lipinski definition) is 1. The number of rotatable bonds is 7. The average Bonchev–Trinajstić information content (AvgIpc) is 3.36. The Balaban J connectivity index is 1.72. The number of sulfone groups is 1. The number of imidazole rings is 1. The number of aromatic nitrogens is 4. The Morgan fingerprint density at radius 2 is 1.66 bits per heavy atom. The Bertz CT molecular complexity index is 1880. The van der Waals surface area contributed by atoms with E-state index in [4.69, 9.17) is 5.73 Å². The highest BCUT2D eigenvalue weighted by atomic mass is 32.2. The fourth-order valence-corrected chi connectivity index (χ4v) is 5.55. The smallest absolute Gasteiger partial charge is 0.326 e. The van der Waals surface area contributed by atoms with Gasteiger partial charge in [-0.1, -0.05) is 49.4 Å². The third-order valence-electron chi connectivity index (χ3n) is 6.43. The minimum absolute atomic E-state index is 0.209. The molecule has 2 aromatic heterocycles. The van der Waals surface area contributed by atoms with Crippen molar-refractivity contribution in [3.05, 3.63) is 106 Å². The van der Waals surface area contributed by atoms with Gasteiger partial charge in [0.1, 0.15) is 6.33 Å². The summed E-state index contributed by atoms with van der Waals surface area (Å²) in [4.78, 5) is 32.0. The van der Waals surface area contributed by atoms with Crippen molar-refractivity contribution in [2.24, 2.45) is 5.73 Å². The molecular formula is C28H27N5O4S. The van der Waals surface area contributed by atoms with Gasteiger partial charge in [-0.25, -0.2) is 22.8 Å². The van der Waals surface area contributed by atoms with Gasteiger partial charge in [-0.15, -0.1) is 0 Å². The molecule has 2 N–H and O–H groups in total. The van der Waals surface area contributed by atoms with E-state index in [-0.39, 0.29) is 10.4 Å². The molecule has 3 aromatic carbocycles. The summed E-state index contributed by atoms with van der Waals surface area (Å²) in [6, 6.07) is 20.9. The molecule has 0 bridgehead atoms. The van der Waals surface area contributed by atoms with E-state index in [1.807, 2.05) is 31.2 Å². The fraction of sp³-hybridized carbons (Fsp3) is 0.179. The maximum Gasteiger partial charge on any atom is 0.337 e. The first-order valence-corrected chi connectivity index (χ1v) is 14.1. The molecule has 38 heavy (non-hydrogen) atoms. The lowest BCUT2D eigenvalue weighted by atomic mass is 10.1. The number of aryl methyl sites for hydroxylation is 1. The molecule has 0 fully saturated rings. The van der Waals surface area contributed by atoms with Crippen LogP contribution in [-0.2, 0) is 22.9 Å². The summed E-state index contributed by atoms with van der Waals surface area (Å²) in [7, 11) is -3.45.